The summed E-state index contributed by atoms with van der Waals surface area (Å²) in [6.45, 7) is 0.331. The van der Waals surface area contributed by atoms with E-state index in [9.17, 15) is 18.0 Å². The van der Waals surface area contributed by atoms with Crippen LogP contribution in [0, 0.1) is 0 Å². The van der Waals surface area contributed by atoms with E-state index in [1.165, 1.54) is 14.2 Å². The largest absolute Gasteiger partial charge is 0.469 e. The molecule has 0 N–H and O–H groups in total. The van der Waals surface area contributed by atoms with Crippen molar-refractivity contribution in [2.45, 2.75) is 12.6 Å². The third-order valence-electron chi connectivity index (χ3n) is 2.29. The highest BCUT2D eigenvalue weighted by atomic mass is 19.4. The Morgan fingerprint density at radius 1 is 1.11 bits per heavy atom. The zero-order chi connectivity index (χ0) is 14.7. The van der Waals surface area contributed by atoms with E-state index in [-0.39, 0.29) is 19.0 Å². The smallest absolute Gasteiger partial charge is 0.411 e. The molecule has 0 aromatic rings. The van der Waals surface area contributed by atoms with Crippen LogP contribution in [0.15, 0.2) is 0 Å². The number of alkyl halides is 3. The van der Waals surface area contributed by atoms with Crippen LogP contribution in [0.2, 0.25) is 0 Å². The number of nitrogens with zero attached hydrogens (tertiary/aromatic N) is 1. The molecule has 114 valence electrons. The average molecular weight is 287 g/mol. The molecule has 0 saturated carbocycles. The lowest BCUT2D eigenvalue weighted by Crippen LogP contribution is -2.33. The van der Waals surface area contributed by atoms with Crippen molar-refractivity contribution >= 4 is 5.97 Å². The maximum atomic E-state index is 11.9. The third-order valence-corrected chi connectivity index (χ3v) is 2.29. The minimum absolute atomic E-state index is 0.0512. The first-order valence-electron chi connectivity index (χ1n) is 5.81. The first-order valence-corrected chi connectivity index (χ1v) is 5.81. The Hall–Kier alpha value is -0.860. The van der Waals surface area contributed by atoms with Crippen molar-refractivity contribution in [2.24, 2.45) is 0 Å². The van der Waals surface area contributed by atoms with E-state index in [1.807, 2.05) is 0 Å². The number of hydrogen-bond acceptors (Lipinski definition) is 5. The van der Waals surface area contributed by atoms with Crippen LogP contribution in [0.1, 0.15) is 6.42 Å². The van der Waals surface area contributed by atoms with Crippen LogP contribution in [0.3, 0.4) is 0 Å². The van der Waals surface area contributed by atoms with Gasteiger partial charge in [-0.3, -0.25) is 9.69 Å². The summed E-state index contributed by atoms with van der Waals surface area (Å²) in [5, 5.41) is 0. The molecule has 0 aromatic heterocycles. The molecule has 0 unspecified atom stereocenters. The predicted molar refractivity (Wildman–Crippen MR) is 61.8 cm³/mol. The summed E-state index contributed by atoms with van der Waals surface area (Å²) >= 11 is 0. The van der Waals surface area contributed by atoms with Crippen molar-refractivity contribution < 1.29 is 32.2 Å². The molecule has 0 amide bonds. The molecule has 0 bridgehead atoms. The van der Waals surface area contributed by atoms with Crippen LogP contribution in [0.4, 0.5) is 13.2 Å². The van der Waals surface area contributed by atoms with Crippen LogP contribution in [-0.4, -0.2) is 70.7 Å². The van der Waals surface area contributed by atoms with Gasteiger partial charge in [0.1, 0.15) is 6.61 Å². The fourth-order valence-corrected chi connectivity index (χ4v) is 1.29. The fraction of sp³-hybridized carbons (Fsp3) is 0.909. The molecule has 0 aromatic carbocycles. The number of ether oxygens (including phenoxy) is 3. The molecular weight excluding hydrogens is 267 g/mol. The lowest BCUT2D eigenvalue weighted by Gasteiger charge is -2.21. The first-order chi connectivity index (χ1) is 8.89. The van der Waals surface area contributed by atoms with Crippen LogP contribution in [-0.2, 0) is 19.0 Å². The number of esters is 1. The van der Waals surface area contributed by atoms with Crippen molar-refractivity contribution in [3.63, 3.8) is 0 Å². The molecule has 19 heavy (non-hydrogen) atoms. The molecule has 0 saturated heterocycles. The van der Waals surface area contributed by atoms with E-state index in [0.717, 1.165) is 0 Å². The minimum Gasteiger partial charge on any atom is -0.469 e. The SMILES string of the molecule is COCCN(CCOCC(F)(F)F)CCC(=O)OC. The van der Waals surface area contributed by atoms with Gasteiger partial charge in [0.15, 0.2) is 0 Å². The first kappa shape index (κ1) is 18.1. The molecule has 0 fully saturated rings. The topological polar surface area (TPSA) is 48.0 Å². The summed E-state index contributed by atoms with van der Waals surface area (Å²) in [7, 11) is 2.81. The maximum Gasteiger partial charge on any atom is 0.411 e. The van der Waals surface area contributed by atoms with E-state index in [4.69, 9.17) is 4.74 Å². The summed E-state index contributed by atoms with van der Waals surface area (Å²) < 4.78 is 49.5. The Morgan fingerprint density at radius 3 is 2.26 bits per heavy atom. The zero-order valence-corrected chi connectivity index (χ0v) is 11.2. The van der Waals surface area contributed by atoms with Crippen molar-refractivity contribution in [2.75, 3.05) is 53.7 Å². The normalized spacial score (nSPS) is 11.9. The van der Waals surface area contributed by atoms with Gasteiger partial charge < -0.3 is 14.2 Å². The van der Waals surface area contributed by atoms with Gasteiger partial charge >= 0.3 is 12.1 Å². The maximum absolute atomic E-state index is 11.9. The molecule has 0 aliphatic carbocycles. The summed E-state index contributed by atoms with van der Waals surface area (Å²) in [4.78, 5) is 12.8. The van der Waals surface area contributed by atoms with E-state index >= 15 is 0 Å². The van der Waals surface area contributed by atoms with Crippen molar-refractivity contribution in [1.82, 2.24) is 4.90 Å². The molecule has 0 aliphatic heterocycles. The quantitative estimate of drug-likeness (QED) is 0.444. The molecule has 0 aliphatic rings. The van der Waals surface area contributed by atoms with Crippen molar-refractivity contribution in [1.29, 1.82) is 0 Å². The Bertz CT molecular complexity index is 249. The van der Waals surface area contributed by atoms with Gasteiger partial charge in [0.25, 0.3) is 0 Å². The summed E-state index contributed by atoms with van der Waals surface area (Å²) in [5.41, 5.74) is 0. The molecule has 0 rings (SSSR count). The lowest BCUT2D eigenvalue weighted by molar-refractivity contribution is -0.174. The van der Waals surface area contributed by atoms with Gasteiger partial charge in [-0.25, -0.2) is 0 Å². The van der Waals surface area contributed by atoms with Crippen molar-refractivity contribution in [3.05, 3.63) is 0 Å². The molecule has 8 heteroatoms. The van der Waals surface area contributed by atoms with Crippen molar-refractivity contribution in [3.8, 4) is 0 Å². The number of carbonyl (C=O) groups excluding carboxylic acids is 1. The van der Waals surface area contributed by atoms with E-state index in [0.29, 0.717) is 26.2 Å². The van der Waals surface area contributed by atoms with Crippen LogP contribution in [0.25, 0.3) is 0 Å². The summed E-state index contributed by atoms with van der Waals surface area (Å²) in [6, 6.07) is 0. The van der Waals surface area contributed by atoms with Crippen LogP contribution < -0.4 is 0 Å². The number of methoxy groups -OCH3 is 2. The van der Waals surface area contributed by atoms with Gasteiger partial charge in [-0.15, -0.1) is 0 Å². The highest BCUT2D eigenvalue weighted by Gasteiger charge is 2.27. The van der Waals surface area contributed by atoms with E-state index in [1.54, 1.807) is 4.90 Å². The Labute approximate surface area is 110 Å². The predicted octanol–water partition coefficient (Wildman–Crippen LogP) is 1.08. The highest BCUT2D eigenvalue weighted by molar-refractivity contribution is 5.69. The highest BCUT2D eigenvalue weighted by Crippen LogP contribution is 2.14. The molecular formula is C11H20F3NO4. The number of carbonyl (C=O) groups is 1. The number of halogens is 3. The number of rotatable bonds is 10. The second-order valence-corrected chi connectivity index (χ2v) is 3.83. The number of hydrogen-bond donors (Lipinski definition) is 0. The average Bonchev–Trinajstić information content (AvgIpc) is 2.35. The van der Waals surface area contributed by atoms with E-state index < -0.39 is 12.8 Å². The van der Waals surface area contributed by atoms with Crippen LogP contribution >= 0.6 is 0 Å². The van der Waals surface area contributed by atoms with Crippen LogP contribution in [0.5, 0.6) is 0 Å². The summed E-state index contributed by atoms with van der Waals surface area (Å²) in [5.74, 6) is -0.362. The molecule has 5 nitrogen and oxygen atoms in total. The van der Waals surface area contributed by atoms with Gasteiger partial charge in [-0.05, 0) is 0 Å². The second-order valence-electron chi connectivity index (χ2n) is 3.83. The second kappa shape index (κ2) is 9.99. The molecule has 0 heterocycles. The van der Waals surface area contributed by atoms with Gasteiger partial charge in [-0.2, -0.15) is 13.2 Å². The zero-order valence-electron chi connectivity index (χ0n) is 11.2. The Kier molecular flexibility index (Phi) is 9.54. The molecule has 0 spiro atoms. The summed E-state index contributed by atoms with van der Waals surface area (Å²) in [6.07, 6.45) is -4.14. The fourth-order valence-electron chi connectivity index (χ4n) is 1.29. The Morgan fingerprint density at radius 2 is 1.74 bits per heavy atom. The Balaban J connectivity index is 3.88. The van der Waals surface area contributed by atoms with Gasteiger partial charge in [0, 0.05) is 26.7 Å². The minimum atomic E-state index is -4.32. The van der Waals surface area contributed by atoms with E-state index in [2.05, 4.69) is 9.47 Å². The standard InChI is InChI=1S/C11H20F3NO4/c1-17-7-5-15(4-3-10(16)18-2)6-8-19-9-11(12,13)14/h3-9H2,1-2H3. The lowest BCUT2D eigenvalue weighted by atomic mass is 10.3. The van der Waals surface area contributed by atoms with Gasteiger partial charge in [0.2, 0.25) is 0 Å². The third kappa shape index (κ3) is 11.9. The van der Waals surface area contributed by atoms with Gasteiger partial charge in [0.05, 0.1) is 26.7 Å². The molecule has 0 radical (unpaired) electrons. The molecule has 0 atom stereocenters. The van der Waals surface area contributed by atoms with Gasteiger partial charge in [-0.1, -0.05) is 0 Å². The monoisotopic (exact) mass is 287 g/mol.